The Morgan fingerprint density at radius 1 is 0.905 bits per heavy atom. The van der Waals surface area contributed by atoms with Crippen LogP contribution >= 0.6 is 0 Å². The smallest absolute Gasteiger partial charge is 0.307 e. The largest absolute Gasteiger partial charge is 0.466 e. The highest BCUT2D eigenvalue weighted by molar-refractivity contribution is 5.85. The fraction of sp³-hybridized carbons (Fsp3) is 0.457. The summed E-state index contributed by atoms with van der Waals surface area (Å²) in [5, 5.41) is 6.20. The molecule has 2 bridgehead atoms. The third-order valence-corrected chi connectivity index (χ3v) is 7.50. The Bertz CT molecular complexity index is 1180. The lowest BCUT2D eigenvalue weighted by Gasteiger charge is -2.23. The molecule has 2 aromatic rings. The van der Waals surface area contributed by atoms with Crippen LogP contribution < -0.4 is 10.6 Å². The number of amides is 2. The van der Waals surface area contributed by atoms with Gasteiger partial charge in [-0.1, -0.05) is 67.6 Å². The van der Waals surface area contributed by atoms with Crippen LogP contribution in [0.4, 0.5) is 0 Å². The van der Waals surface area contributed by atoms with Gasteiger partial charge in [-0.15, -0.1) is 0 Å². The highest BCUT2D eigenvalue weighted by Crippen LogP contribution is 2.28. The zero-order chi connectivity index (χ0) is 30.0. The summed E-state index contributed by atoms with van der Waals surface area (Å²) in [6.45, 7) is 5.85. The van der Waals surface area contributed by atoms with Gasteiger partial charge in [-0.05, 0) is 80.2 Å². The molecular weight excluding hydrogens is 526 g/mol. The molecule has 7 nitrogen and oxygen atoms in total. The van der Waals surface area contributed by atoms with E-state index in [-0.39, 0.29) is 37.3 Å². The minimum atomic E-state index is -0.340. The molecule has 226 valence electrons. The molecule has 2 N–H and O–H groups in total. The zero-order valence-corrected chi connectivity index (χ0v) is 25.3. The maximum atomic E-state index is 13.1. The highest BCUT2D eigenvalue weighted by atomic mass is 16.5. The predicted octanol–water partition coefficient (Wildman–Crippen LogP) is 5.51. The Labute approximate surface area is 251 Å². The average molecular weight is 574 g/mol. The van der Waals surface area contributed by atoms with Crippen molar-refractivity contribution in [2.24, 2.45) is 0 Å². The molecule has 0 unspecified atom stereocenters. The SMILES string of the molecule is CCOC(=O)CCNC(=O)CN(CCc1ccccc1)C(=O)CCCC1=C2CCCC(=C1)NC2.CCc1ccccc1. The number of dihydropyridines is 1. The molecule has 5 rings (SSSR count). The first kappa shape index (κ1) is 32.6. The van der Waals surface area contributed by atoms with Gasteiger partial charge in [0.05, 0.1) is 19.6 Å². The minimum absolute atomic E-state index is 0.00356. The van der Waals surface area contributed by atoms with Crippen LogP contribution in [0.1, 0.15) is 69.9 Å². The van der Waals surface area contributed by atoms with Crippen molar-refractivity contribution in [3.63, 3.8) is 0 Å². The van der Waals surface area contributed by atoms with Gasteiger partial charge in [0.1, 0.15) is 0 Å². The number of fused-ring (bicyclic) bond motifs is 4. The number of ether oxygens (including phenoxy) is 1. The monoisotopic (exact) mass is 573 g/mol. The van der Waals surface area contributed by atoms with Crippen LogP contribution in [0, 0.1) is 0 Å². The highest BCUT2D eigenvalue weighted by Gasteiger charge is 2.20. The molecule has 0 aromatic heterocycles. The maximum absolute atomic E-state index is 13.1. The molecule has 0 spiro atoms. The van der Waals surface area contributed by atoms with E-state index in [1.165, 1.54) is 28.8 Å². The van der Waals surface area contributed by atoms with Gasteiger partial charge in [0.15, 0.2) is 0 Å². The van der Waals surface area contributed by atoms with E-state index >= 15 is 0 Å². The van der Waals surface area contributed by atoms with Gasteiger partial charge in [0.2, 0.25) is 11.8 Å². The Morgan fingerprint density at radius 3 is 2.29 bits per heavy atom. The lowest BCUT2D eigenvalue weighted by atomic mass is 9.98. The van der Waals surface area contributed by atoms with Gasteiger partial charge in [-0.2, -0.15) is 0 Å². The topological polar surface area (TPSA) is 87.7 Å². The molecule has 0 saturated carbocycles. The Balaban J connectivity index is 0.000000521. The Morgan fingerprint density at radius 2 is 1.62 bits per heavy atom. The first-order chi connectivity index (χ1) is 20.5. The number of benzene rings is 2. The number of esters is 1. The molecule has 42 heavy (non-hydrogen) atoms. The summed E-state index contributed by atoms with van der Waals surface area (Å²) in [4.78, 5) is 38.7. The second-order valence-electron chi connectivity index (χ2n) is 10.7. The van der Waals surface area contributed by atoms with E-state index in [1.54, 1.807) is 11.8 Å². The average Bonchev–Trinajstić information content (AvgIpc) is 3.36. The van der Waals surface area contributed by atoms with Gasteiger partial charge in [0, 0.05) is 31.8 Å². The quantitative estimate of drug-likeness (QED) is 0.291. The van der Waals surface area contributed by atoms with Crippen molar-refractivity contribution in [3.05, 3.63) is 94.7 Å². The number of hydrogen-bond donors (Lipinski definition) is 2. The standard InChI is InChI=1S/C27H37N3O4.C8H10/c1-2-34-27(33)14-16-28-25(31)20-30(17-15-21-8-4-3-5-9-21)26(32)13-7-10-22-18-24-12-6-11-23(22)19-29-24;1-2-8-6-4-3-5-7-8/h3-5,8-9,18,29H,2,6-7,10-17,19-20H2,1H3,(H,28,31);3-7H,2H2,1H3. The predicted molar refractivity (Wildman–Crippen MR) is 168 cm³/mol. The fourth-order valence-electron chi connectivity index (χ4n) is 5.12. The van der Waals surface area contributed by atoms with Gasteiger partial charge < -0.3 is 20.3 Å². The molecule has 0 atom stereocenters. The minimum Gasteiger partial charge on any atom is -0.466 e. The van der Waals surface area contributed by atoms with E-state index in [0.29, 0.717) is 26.0 Å². The summed E-state index contributed by atoms with van der Waals surface area (Å²) in [6.07, 6.45) is 9.72. The molecule has 1 fully saturated rings. The van der Waals surface area contributed by atoms with Crippen molar-refractivity contribution in [1.29, 1.82) is 0 Å². The van der Waals surface area contributed by atoms with Crippen molar-refractivity contribution in [3.8, 4) is 0 Å². The first-order valence-electron chi connectivity index (χ1n) is 15.4. The van der Waals surface area contributed by atoms with Crippen LogP contribution in [0.2, 0.25) is 0 Å². The normalized spacial score (nSPS) is 13.6. The zero-order valence-electron chi connectivity index (χ0n) is 25.3. The van der Waals surface area contributed by atoms with Gasteiger partial charge in [-0.3, -0.25) is 14.4 Å². The summed E-state index contributed by atoms with van der Waals surface area (Å²) in [6, 6.07) is 20.4. The molecule has 2 amide bonds. The molecule has 2 heterocycles. The first-order valence-corrected chi connectivity index (χ1v) is 15.4. The summed E-state index contributed by atoms with van der Waals surface area (Å²) >= 11 is 0. The van der Waals surface area contributed by atoms with E-state index in [4.69, 9.17) is 4.74 Å². The Hall–Kier alpha value is -3.87. The van der Waals surface area contributed by atoms with Crippen molar-refractivity contribution < 1.29 is 19.1 Å². The number of hydrogen-bond acceptors (Lipinski definition) is 5. The second kappa shape index (κ2) is 18.5. The second-order valence-corrected chi connectivity index (χ2v) is 10.7. The molecule has 7 heteroatoms. The molecule has 0 radical (unpaired) electrons. The summed E-state index contributed by atoms with van der Waals surface area (Å²) in [5.41, 5.74) is 6.70. The number of rotatable bonds is 14. The number of carbonyl (C=O) groups excluding carboxylic acids is 3. The third kappa shape index (κ3) is 11.9. The number of nitrogens with zero attached hydrogens (tertiary/aromatic N) is 1. The van der Waals surface area contributed by atoms with Crippen molar-refractivity contribution in [1.82, 2.24) is 15.5 Å². The van der Waals surface area contributed by atoms with Gasteiger partial charge >= 0.3 is 5.97 Å². The number of nitrogens with one attached hydrogen (secondary N) is 2. The molecule has 3 aliphatic rings. The molecule has 1 saturated heterocycles. The van der Waals surface area contributed by atoms with Crippen LogP contribution in [0.5, 0.6) is 0 Å². The van der Waals surface area contributed by atoms with E-state index in [0.717, 1.165) is 44.2 Å². The molecule has 2 aromatic carbocycles. The van der Waals surface area contributed by atoms with Gasteiger partial charge in [0.25, 0.3) is 0 Å². The number of carbonyl (C=O) groups is 3. The Kier molecular flexibility index (Phi) is 14.4. The molecular formula is C35H47N3O4. The molecule has 1 aliphatic carbocycles. The lowest BCUT2D eigenvalue weighted by Crippen LogP contribution is -2.42. The van der Waals surface area contributed by atoms with E-state index < -0.39 is 0 Å². The van der Waals surface area contributed by atoms with E-state index in [9.17, 15) is 14.4 Å². The molecule has 2 aliphatic heterocycles. The fourth-order valence-corrected chi connectivity index (χ4v) is 5.12. The number of aryl methyl sites for hydroxylation is 1. The van der Waals surface area contributed by atoms with Crippen LogP contribution in [0.15, 0.2) is 83.6 Å². The maximum Gasteiger partial charge on any atom is 0.307 e. The van der Waals surface area contributed by atoms with Crippen LogP contribution in [0.25, 0.3) is 0 Å². The van der Waals surface area contributed by atoms with Crippen LogP contribution in [-0.2, 0) is 32.0 Å². The van der Waals surface area contributed by atoms with E-state index in [2.05, 4.69) is 47.9 Å². The van der Waals surface area contributed by atoms with Crippen molar-refractivity contribution in [2.75, 3.05) is 32.8 Å². The van der Waals surface area contributed by atoms with Crippen molar-refractivity contribution >= 4 is 17.8 Å². The number of allylic oxidation sites excluding steroid dienone is 3. The van der Waals surface area contributed by atoms with Crippen LogP contribution in [0.3, 0.4) is 0 Å². The van der Waals surface area contributed by atoms with Crippen molar-refractivity contribution in [2.45, 2.75) is 71.6 Å². The third-order valence-electron chi connectivity index (χ3n) is 7.50. The summed E-state index contributed by atoms with van der Waals surface area (Å²) in [5.74, 6) is -0.605. The lowest BCUT2D eigenvalue weighted by molar-refractivity contribution is -0.143. The van der Waals surface area contributed by atoms with Crippen LogP contribution in [-0.4, -0.2) is 55.5 Å². The van der Waals surface area contributed by atoms with Gasteiger partial charge in [-0.25, -0.2) is 0 Å². The van der Waals surface area contributed by atoms with E-state index in [1.807, 2.05) is 36.4 Å². The summed E-state index contributed by atoms with van der Waals surface area (Å²) in [7, 11) is 0. The summed E-state index contributed by atoms with van der Waals surface area (Å²) < 4.78 is 4.88.